The number of nitrogens with zero attached hydrogens (tertiary/aromatic N) is 3. The lowest BCUT2D eigenvalue weighted by Crippen LogP contribution is -2.26. The number of aromatic nitrogens is 1. The number of hydrogen-bond donors (Lipinski definition) is 3. The lowest BCUT2D eigenvalue weighted by atomic mass is 10.3. The summed E-state index contributed by atoms with van der Waals surface area (Å²) in [6.45, 7) is 0. The Hall–Kier alpha value is -1.86. The number of pyridine rings is 1. The number of carbonyl (C=O) groups is 1. The highest BCUT2D eigenvalue weighted by Crippen LogP contribution is 2.17. The van der Waals surface area contributed by atoms with E-state index in [1.807, 2.05) is 0 Å². The standard InChI is InChI=1S/C8H11ClN6O/c1-15(11)14-8(10)7-6(9)2-5(3-12-7)13-4-16/h2-4H,11H2,1H3,(H2,10,14)(H,13,16). The van der Waals surface area contributed by atoms with Crippen LogP contribution in [0.2, 0.25) is 5.02 Å². The molecule has 1 amide bonds. The van der Waals surface area contributed by atoms with Crippen LogP contribution in [0.15, 0.2) is 17.4 Å². The Bertz CT molecular complexity index is 419. The van der Waals surface area contributed by atoms with Crippen LogP contribution in [0.25, 0.3) is 0 Å². The molecule has 1 aromatic rings. The number of amides is 1. The van der Waals surface area contributed by atoms with Crippen LogP contribution >= 0.6 is 11.6 Å². The minimum atomic E-state index is 0.0904. The Labute approximate surface area is 97.0 Å². The van der Waals surface area contributed by atoms with E-state index in [0.29, 0.717) is 17.8 Å². The molecule has 0 fully saturated rings. The summed E-state index contributed by atoms with van der Waals surface area (Å²) in [6, 6.07) is 1.51. The molecule has 0 saturated carbocycles. The number of anilines is 1. The smallest absolute Gasteiger partial charge is 0.211 e. The first kappa shape index (κ1) is 12.2. The molecule has 0 saturated heterocycles. The molecule has 0 radical (unpaired) electrons. The molecule has 0 aromatic carbocycles. The van der Waals surface area contributed by atoms with Crippen LogP contribution in [-0.2, 0) is 4.79 Å². The highest BCUT2D eigenvalue weighted by molar-refractivity contribution is 6.34. The van der Waals surface area contributed by atoms with Gasteiger partial charge in [0.15, 0.2) is 5.84 Å². The summed E-state index contributed by atoms with van der Waals surface area (Å²) < 4.78 is 0. The van der Waals surface area contributed by atoms with Gasteiger partial charge in [-0.05, 0) is 6.07 Å². The van der Waals surface area contributed by atoms with Gasteiger partial charge in [0.1, 0.15) is 5.69 Å². The fraction of sp³-hybridized carbons (Fsp3) is 0.125. The zero-order valence-electron chi connectivity index (χ0n) is 8.51. The van der Waals surface area contributed by atoms with E-state index in [2.05, 4.69) is 15.4 Å². The molecule has 0 aliphatic rings. The van der Waals surface area contributed by atoms with E-state index in [-0.39, 0.29) is 10.9 Å². The maximum atomic E-state index is 10.2. The number of nitrogens with two attached hydrogens (primary N) is 2. The van der Waals surface area contributed by atoms with Crippen LogP contribution in [0.3, 0.4) is 0 Å². The van der Waals surface area contributed by atoms with Crippen LogP contribution in [0, 0.1) is 0 Å². The zero-order chi connectivity index (χ0) is 12.1. The van der Waals surface area contributed by atoms with Gasteiger partial charge in [0.2, 0.25) is 6.41 Å². The minimum absolute atomic E-state index is 0.0904. The van der Waals surface area contributed by atoms with E-state index in [1.54, 1.807) is 0 Å². The van der Waals surface area contributed by atoms with Gasteiger partial charge in [0.25, 0.3) is 0 Å². The Morgan fingerprint density at radius 1 is 1.75 bits per heavy atom. The van der Waals surface area contributed by atoms with Crippen LogP contribution in [0.5, 0.6) is 0 Å². The van der Waals surface area contributed by atoms with E-state index < -0.39 is 0 Å². The van der Waals surface area contributed by atoms with Gasteiger partial charge in [0.05, 0.1) is 16.9 Å². The van der Waals surface area contributed by atoms with Crippen molar-refractivity contribution in [2.45, 2.75) is 0 Å². The Morgan fingerprint density at radius 2 is 2.44 bits per heavy atom. The molecular formula is C8H11ClN6O. The van der Waals surface area contributed by atoms with Crippen molar-refractivity contribution < 1.29 is 4.79 Å². The molecule has 7 nitrogen and oxygen atoms in total. The van der Waals surface area contributed by atoms with E-state index in [4.69, 9.17) is 23.2 Å². The van der Waals surface area contributed by atoms with E-state index in [9.17, 15) is 4.79 Å². The third-order valence-electron chi connectivity index (χ3n) is 1.57. The SMILES string of the molecule is CN(N)/N=C(\N)c1ncc(NC=O)cc1Cl. The second-order valence-electron chi connectivity index (χ2n) is 2.88. The Kier molecular flexibility index (Phi) is 4.03. The average molecular weight is 243 g/mol. The average Bonchev–Trinajstić information content (AvgIpc) is 2.16. The fourth-order valence-corrected chi connectivity index (χ4v) is 1.25. The number of carbonyl (C=O) groups excluding carboxylic acids is 1. The summed E-state index contributed by atoms with van der Waals surface area (Å²) in [6.07, 6.45) is 1.94. The van der Waals surface area contributed by atoms with Crippen molar-refractivity contribution in [3.05, 3.63) is 23.0 Å². The Morgan fingerprint density at radius 3 is 2.94 bits per heavy atom. The molecule has 0 unspecified atom stereocenters. The maximum absolute atomic E-state index is 10.2. The Balaban J connectivity index is 3.03. The van der Waals surface area contributed by atoms with Gasteiger partial charge in [-0.25, -0.2) is 15.9 Å². The molecule has 1 heterocycles. The third kappa shape index (κ3) is 3.07. The van der Waals surface area contributed by atoms with Gasteiger partial charge in [-0.2, -0.15) is 0 Å². The van der Waals surface area contributed by atoms with Crippen molar-refractivity contribution in [3.63, 3.8) is 0 Å². The first-order valence-corrected chi connectivity index (χ1v) is 4.61. The quantitative estimate of drug-likeness (QED) is 0.221. The highest BCUT2D eigenvalue weighted by atomic mass is 35.5. The number of hydrazone groups is 1. The summed E-state index contributed by atoms with van der Waals surface area (Å²) in [5.41, 5.74) is 6.38. The number of amidine groups is 1. The summed E-state index contributed by atoms with van der Waals surface area (Å²) >= 11 is 5.90. The van der Waals surface area contributed by atoms with E-state index >= 15 is 0 Å². The molecule has 16 heavy (non-hydrogen) atoms. The van der Waals surface area contributed by atoms with E-state index in [0.717, 1.165) is 5.12 Å². The molecule has 0 spiro atoms. The number of nitrogens with one attached hydrogen (secondary N) is 1. The molecular weight excluding hydrogens is 232 g/mol. The molecule has 0 atom stereocenters. The molecule has 1 aromatic heterocycles. The lowest BCUT2D eigenvalue weighted by molar-refractivity contribution is -0.105. The summed E-state index contributed by atoms with van der Waals surface area (Å²) in [4.78, 5) is 14.2. The normalized spacial score (nSPS) is 11.1. The van der Waals surface area contributed by atoms with Crippen molar-refractivity contribution in [3.8, 4) is 0 Å². The van der Waals surface area contributed by atoms with Gasteiger partial charge in [-0.1, -0.05) is 11.6 Å². The molecule has 0 aliphatic heterocycles. The molecule has 5 N–H and O–H groups in total. The summed E-state index contributed by atoms with van der Waals surface area (Å²) in [7, 11) is 1.52. The van der Waals surface area contributed by atoms with Crippen LogP contribution in [-0.4, -0.2) is 29.4 Å². The third-order valence-corrected chi connectivity index (χ3v) is 1.86. The van der Waals surface area contributed by atoms with Gasteiger partial charge >= 0.3 is 0 Å². The molecule has 8 heteroatoms. The van der Waals surface area contributed by atoms with Crippen molar-refractivity contribution in [2.75, 3.05) is 12.4 Å². The first-order chi connectivity index (χ1) is 7.54. The van der Waals surface area contributed by atoms with E-state index in [1.165, 1.54) is 19.3 Å². The van der Waals surface area contributed by atoms with Crippen LogP contribution in [0.1, 0.15) is 5.69 Å². The van der Waals surface area contributed by atoms with Crippen molar-refractivity contribution in [1.82, 2.24) is 10.1 Å². The highest BCUT2D eigenvalue weighted by Gasteiger charge is 2.08. The number of halogens is 1. The topological polar surface area (TPSA) is 110 Å². The second kappa shape index (κ2) is 5.29. The number of hydrazine groups is 1. The second-order valence-corrected chi connectivity index (χ2v) is 3.28. The number of rotatable bonds is 4. The largest absolute Gasteiger partial charge is 0.380 e. The van der Waals surface area contributed by atoms with Gasteiger partial charge in [0, 0.05) is 7.05 Å². The lowest BCUT2D eigenvalue weighted by Gasteiger charge is -2.08. The minimum Gasteiger partial charge on any atom is -0.380 e. The molecule has 0 aliphatic carbocycles. The fourth-order valence-electron chi connectivity index (χ4n) is 0.991. The zero-order valence-corrected chi connectivity index (χ0v) is 9.27. The monoisotopic (exact) mass is 242 g/mol. The number of hydrogen-bond acceptors (Lipinski definition) is 5. The predicted octanol–water partition coefficient (Wildman–Crippen LogP) is -0.271. The molecule has 0 bridgehead atoms. The summed E-state index contributed by atoms with van der Waals surface area (Å²) in [5.74, 6) is 5.39. The van der Waals surface area contributed by atoms with Gasteiger partial charge < -0.3 is 11.1 Å². The van der Waals surface area contributed by atoms with Crippen molar-refractivity contribution >= 4 is 29.5 Å². The first-order valence-electron chi connectivity index (χ1n) is 4.23. The molecule has 1 rings (SSSR count). The van der Waals surface area contributed by atoms with Crippen molar-refractivity contribution in [1.29, 1.82) is 0 Å². The predicted molar refractivity (Wildman–Crippen MR) is 61.6 cm³/mol. The van der Waals surface area contributed by atoms with Crippen molar-refractivity contribution in [2.24, 2.45) is 16.7 Å². The maximum Gasteiger partial charge on any atom is 0.211 e. The van der Waals surface area contributed by atoms with Crippen LogP contribution in [0.4, 0.5) is 5.69 Å². The summed E-state index contributed by atoms with van der Waals surface area (Å²) in [5, 5.41) is 7.48. The molecule has 86 valence electrons. The van der Waals surface area contributed by atoms with Crippen LogP contribution < -0.4 is 16.9 Å². The van der Waals surface area contributed by atoms with Gasteiger partial charge in [-0.15, -0.1) is 5.10 Å². The van der Waals surface area contributed by atoms with Gasteiger partial charge in [-0.3, -0.25) is 4.79 Å².